The normalized spacial score (nSPS) is 9.71. The van der Waals surface area contributed by atoms with E-state index in [1.54, 1.807) is 58.9 Å². The van der Waals surface area contributed by atoms with Crippen LogP contribution in [0.1, 0.15) is 0 Å². The zero-order valence-electron chi connectivity index (χ0n) is 18.1. The molecule has 7 nitrogen and oxygen atoms in total. The molecular formula is C24H18F2IrN7. The summed E-state index contributed by atoms with van der Waals surface area (Å²) in [4.78, 5) is 8.13. The van der Waals surface area contributed by atoms with Gasteiger partial charge in [-0.15, -0.1) is 12.1 Å². The number of hydrogen-bond acceptors (Lipinski definition) is 4. The Bertz CT molecular complexity index is 1260. The molecule has 0 N–H and O–H groups in total. The molecule has 3 aromatic heterocycles. The fourth-order valence-electron chi connectivity index (χ4n) is 2.98. The van der Waals surface area contributed by atoms with Gasteiger partial charge in [-0.2, -0.15) is 29.4 Å². The SMILES string of the molecule is Cn1ccnc1-c1[c-]c(-c2nccn2C)c(F)cc1F.[C-]#N.[Ir+3].[c-]1ccccc1-n1cccn1. The van der Waals surface area contributed by atoms with Crippen LogP contribution in [0.15, 0.2) is 73.6 Å². The summed E-state index contributed by atoms with van der Waals surface area (Å²) in [7, 11) is 3.47. The van der Waals surface area contributed by atoms with Crippen LogP contribution in [0.4, 0.5) is 8.78 Å². The Balaban J connectivity index is 0.000000248. The van der Waals surface area contributed by atoms with E-state index in [0.717, 1.165) is 11.8 Å². The monoisotopic (exact) mass is 635 g/mol. The van der Waals surface area contributed by atoms with E-state index in [1.165, 1.54) is 0 Å². The largest absolute Gasteiger partial charge is 3.00 e. The number of nitrogens with zero attached hydrogens (tertiary/aromatic N) is 7. The van der Waals surface area contributed by atoms with Crippen molar-refractivity contribution in [2.45, 2.75) is 0 Å². The van der Waals surface area contributed by atoms with Crippen LogP contribution in [0.2, 0.25) is 0 Å². The minimum atomic E-state index is -0.699. The van der Waals surface area contributed by atoms with Crippen molar-refractivity contribution >= 4 is 0 Å². The molecule has 2 aromatic carbocycles. The van der Waals surface area contributed by atoms with Crippen LogP contribution in [0.5, 0.6) is 0 Å². The quantitative estimate of drug-likeness (QED) is 0.277. The minimum absolute atomic E-state index is 0. The summed E-state index contributed by atoms with van der Waals surface area (Å²) in [6.45, 7) is 4.75. The number of halogens is 2. The molecule has 5 aromatic rings. The molecule has 0 fully saturated rings. The van der Waals surface area contributed by atoms with Gasteiger partial charge in [0.1, 0.15) is 0 Å². The van der Waals surface area contributed by atoms with Crippen molar-refractivity contribution in [3.63, 3.8) is 0 Å². The molecule has 3 heterocycles. The molecule has 172 valence electrons. The van der Waals surface area contributed by atoms with Gasteiger partial charge in [0.2, 0.25) is 0 Å². The second kappa shape index (κ2) is 12.3. The van der Waals surface area contributed by atoms with Gasteiger partial charge in [-0.1, -0.05) is 6.07 Å². The summed E-state index contributed by atoms with van der Waals surface area (Å²) >= 11 is 0. The fraction of sp³-hybridized carbons (Fsp3) is 0.0833. The summed E-state index contributed by atoms with van der Waals surface area (Å²) in [6.07, 6.45) is 10.1. The second-order valence-corrected chi connectivity index (χ2v) is 6.64. The maximum atomic E-state index is 14.0. The summed E-state index contributed by atoms with van der Waals surface area (Å²) in [5.41, 5.74) is 1.21. The minimum Gasteiger partial charge on any atom is -0.512 e. The van der Waals surface area contributed by atoms with Crippen molar-refractivity contribution < 1.29 is 28.9 Å². The summed E-state index contributed by atoms with van der Waals surface area (Å²) in [5, 5.41) is 10.3. The van der Waals surface area contributed by atoms with Crippen molar-refractivity contribution in [2.24, 2.45) is 14.1 Å². The molecule has 0 aliphatic carbocycles. The Kier molecular flexibility index (Phi) is 9.56. The van der Waals surface area contributed by atoms with Crippen molar-refractivity contribution in [2.75, 3.05) is 0 Å². The number of aromatic nitrogens is 6. The number of para-hydroxylation sites is 1. The number of rotatable bonds is 3. The summed E-state index contributed by atoms with van der Waals surface area (Å²) in [5.74, 6) is -0.625. The van der Waals surface area contributed by atoms with Crippen LogP contribution in [-0.4, -0.2) is 28.9 Å². The molecule has 0 unspecified atom stereocenters. The molecule has 0 saturated carbocycles. The molecule has 0 radical (unpaired) electrons. The van der Waals surface area contributed by atoms with Crippen LogP contribution >= 0.6 is 0 Å². The van der Waals surface area contributed by atoms with Gasteiger partial charge < -0.3 is 21.0 Å². The van der Waals surface area contributed by atoms with E-state index in [9.17, 15) is 8.78 Å². The first kappa shape index (κ1) is 26.3. The first-order valence-corrected chi connectivity index (χ1v) is 9.60. The third-order valence-electron chi connectivity index (χ3n) is 4.51. The van der Waals surface area contributed by atoms with Gasteiger partial charge in [0.05, 0.1) is 23.3 Å². The van der Waals surface area contributed by atoms with E-state index in [2.05, 4.69) is 27.2 Å². The van der Waals surface area contributed by atoms with Crippen molar-refractivity contribution in [1.29, 1.82) is 5.26 Å². The topological polar surface area (TPSA) is 77.2 Å². The van der Waals surface area contributed by atoms with Gasteiger partial charge >= 0.3 is 20.1 Å². The molecule has 0 bridgehead atoms. The van der Waals surface area contributed by atoms with Crippen LogP contribution in [0, 0.1) is 35.6 Å². The van der Waals surface area contributed by atoms with Crippen molar-refractivity contribution in [1.82, 2.24) is 28.9 Å². The van der Waals surface area contributed by atoms with Crippen LogP contribution in [0.3, 0.4) is 0 Å². The zero-order chi connectivity index (χ0) is 23.8. The number of hydrogen-bond donors (Lipinski definition) is 0. The van der Waals surface area contributed by atoms with Gasteiger partial charge in [0.25, 0.3) is 0 Å². The fourth-order valence-corrected chi connectivity index (χ4v) is 2.98. The summed E-state index contributed by atoms with van der Waals surface area (Å²) in [6, 6.07) is 16.3. The van der Waals surface area contributed by atoms with Crippen LogP contribution in [0.25, 0.3) is 28.5 Å². The third kappa shape index (κ3) is 5.89. The van der Waals surface area contributed by atoms with E-state index in [-0.39, 0.29) is 31.2 Å². The predicted molar refractivity (Wildman–Crippen MR) is 117 cm³/mol. The van der Waals surface area contributed by atoms with Crippen LogP contribution in [-0.2, 0) is 34.2 Å². The van der Waals surface area contributed by atoms with Gasteiger partial charge in [0.15, 0.2) is 0 Å². The number of benzene rings is 2. The van der Waals surface area contributed by atoms with E-state index < -0.39 is 11.6 Å². The zero-order valence-corrected chi connectivity index (χ0v) is 20.5. The molecule has 0 aliphatic rings. The Morgan fingerprint density at radius 1 is 0.853 bits per heavy atom. The standard InChI is InChI=1S/C14H11F2N4.C9H7N2.CN.Ir/c1-19-5-3-17-13(19)9-7-10(12(16)8-11(9)15)14-18-4-6-20(14)2;1-2-5-9(6-3-1)11-8-4-7-10-11;1-2;/h3-6,8H,1-2H3;1-5,7-8H;;/q3*-1;+3. The molecular weight excluding hydrogens is 617 g/mol. The average molecular weight is 635 g/mol. The first-order chi connectivity index (χ1) is 16.0. The molecule has 0 spiro atoms. The van der Waals surface area contributed by atoms with E-state index in [1.807, 2.05) is 36.5 Å². The maximum absolute atomic E-state index is 14.0. The molecule has 0 saturated heterocycles. The van der Waals surface area contributed by atoms with Crippen molar-refractivity contribution in [3.05, 3.63) is 104 Å². The predicted octanol–water partition coefficient (Wildman–Crippen LogP) is 4.33. The van der Waals surface area contributed by atoms with Crippen molar-refractivity contribution in [3.8, 4) is 28.5 Å². The smallest absolute Gasteiger partial charge is 0.512 e. The Labute approximate surface area is 209 Å². The third-order valence-corrected chi connectivity index (χ3v) is 4.51. The molecule has 5 rings (SSSR count). The van der Waals surface area contributed by atoms with E-state index >= 15 is 0 Å². The molecule has 34 heavy (non-hydrogen) atoms. The average Bonchev–Trinajstić information content (AvgIpc) is 3.60. The van der Waals surface area contributed by atoms with E-state index in [0.29, 0.717) is 11.6 Å². The maximum Gasteiger partial charge on any atom is 3.00 e. The first-order valence-electron chi connectivity index (χ1n) is 9.60. The Hall–Kier alpha value is -3.93. The second-order valence-electron chi connectivity index (χ2n) is 6.64. The van der Waals surface area contributed by atoms with Gasteiger partial charge in [-0.05, 0) is 22.9 Å². The Morgan fingerprint density at radius 2 is 1.44 bits per heavy atom. The molecule has 0 amide bonds. The van der Waals surface area contributed by atoms with Gasteiger partial charge in [0, 0.05) is 51.3 Å². The van der Waals surface area contributed by atoms with Crippen LogP contribution < -0.4 is 0 Å². The number of aryl methyl sites for hydroxylation is 2. The summed E-state index contributed by atoms with van der Waals surface area (Å²) < 4.78 is 33.0. The molecule has 10 heteroatoms. The molecule has 0 atom stereocenters. The van der Waals surface area contributed by atoms with E-state index in [4.69, 9.17) is 11.8 Å². The number of imidazole rings is 2. The Morgan fingerprint density at radius 3 is 1.85 bits per heavy atom. The molecule has 0 aliphatic heterocycles. The van der Waals surface area contributed by atoms with Gasteiger partial charge in [-0.25, -0.2) is 0 Å². The van der Waals surface area contributed by atoms with Gasteiger partial charge in [-0.3, -0.25) is 23.4 Å².